The maximum atomic E-state index is 11.6. The van der Waals surface area contributed by atoms with E-state index in [1.807, 2.05) is 6.92 Å². The Morgan fingerprint density at radius 1 is 1.44 bits per heavy atom. The molecule has 82 valence electrons. The molecule has 5 heteroatoms. The molecule has 2 heterocycles. The normalized spacial score (nSPS) is 10.1. The van der Waals surface area contributed by atoms with Crippen molar-refractivity contribution >= 4 is 5.91 Å². The van der Waals surface area contributed by atoms with Crippen LogP contribution in [-0.4, -0.2) is 15.9 Å². The first-order valence-corrected chi connectivity index (χ1v) is 4.85. The topological polar surface area (TPSA) is 68.0 Å². The minimum atomic E-state index is -0.260. The smallest absolute Gasteiger partial charge is 0.271 e. The molecular weight excluding hydrogens is 206 g/mol. The van der Waals surface area contributed by atoms with Gasteiger partial charge in [0, 0.05) is 6.20 Å². The predicted molar refractivity (Wildman–Crippen MR) is 56.6 cm³/mol. The summed E-state index contributed by atoms with van der Waals surface area (Å²) in [4.78, 5) is 19.6. The Morgan fingerprint density at radius 2 is 2.31 bits per heavy atom. The van der Waals surface area contributed by atoms with Crippen molar-refractivity contribution in [3.8, 4) is 0 Å². The minimum absolute atomic E-state index is 0.260. The van der Waals surface area contributed by atoms with Gasteiger partial charge in [0.15, 0.2) is 0 Å². The lowest BCUT2D eigenvalue weighted by atomic mass is 10.4. The molecule has 0 saturated carbocycles. The fourth-order valence-electron chi connectivity index (χ4n) is 1.18. The number of amides is 1. The van der Waals surface area contributed by atoms with E-state index in [-0.39, 0.29) is 5.91 Å². The highest BCUT2D eigenvalue weighted by Gasteiger charge is 2.07. The summed E-state index contributed by atoms with van der Waals surface area (Å²) in [7, 11) is 0. The van der Waals surface area contributed by atoms with E-state index in [1.165, 1.54) is 6.20 Å². The van der Waals surface area contributed by atoms with E-state index in [9.17, 15) is 4.79 Å². The number of furan rings is 1. The number of carbonyl (C=O) groups excluding carboxylic acids is 1. The lowest BCUT2D eigenvalue weighted by Crippen LogP contribution is -2.23. The second kappa shape index (κ2) is 4.57. The van der Waals surface area contributed by atoms with Crippen LogP contribution >= 0.6 is 0 Å². The number of carbonyl (C=O) groups is 1. The summed E-state index contributed by atoms with van der Waals surface area (Å²) < 4.78 is 5.09. The van der Waals surface area contributed by atoms with Crippen LogP contribution in [0.5, 0.6) is 0 Å². The lowest BCUT2D eigenvalue weighted by Gasteiger charge is -2.02. The van der Waals surface area contributed by atoms with Crippen LogP contribution in [0.1, 0.15) is 21.9 Å². The van der Waals surface area contributed by atoms with Crippen LogP contribution in [0.2, 0.25) is 0 Å². The van der Waals surface area contributed by atoms with E-state index in [0.29, 0.717) is 18.0 Å². The maximum Gasteiger partial charge on any atom is 0.271 e. The number of aryl methyl sites for hydroxylation is 1. The first kappa shape index (κ1) is 10.4. The van der Waals surface area contributed by atoms with E-state index < -0.39 is 0 Å². The van der Waals surface area contributed by atoms with Gasteiger partial charge in [-0.25, -0.2) is 4.98 Å². The van der Waals surface area contributed by atoms with Crippen LogP contribution < -0.4 is 5.32 Å². The molecule has 0 unspecified atom stereocenters. The van der Waals surface area contributed by atoms with Gasteiger partial charge in [0.25, 0.3) is 5.91 Å². The van der Waals surface area contributed by atoms with Crippen LogP contribution in [0.3, 0.4) is 0 Å². The molecule has 0 aromatic carbocycles. The number of nitrogens with one attached hydrogen (secondary N) is 1. The number of hydrogen-bond acceptors (Lipinski definition) is 4. The number of nitrogens with zero attached hydrogens (tertiary/aromatic N) is 2. The average Bonchev–Trinajstić information content (AvgIpc) is 2.80. The summed E-state index contributed by atoms with van der Waals surface area (Å²) >= 11 is 0. The van der Waals surface area contributed by atoms with E-state index in [0.717, 1.165) is 5.69 Å². The molecule has 0 spiro atoms. The summed E-state index contributed by atoms with van der Waals surface area (Å²) in [6.45, 7) is 2.17. The molecule has 0 saturated heterocycles. The van der Waals surface area contributed by atoms with Crippen LogP contribution in [0.25, 0.3) is 0 Å². The van der Waals surface area contributed by atoms with Gasteiger partial charge in [-0.05, 0) is 19.1 Å². The molecule has 0 radical (unpaired) electrons. The predicted octanol–water partition coefficient (Wildman–Crippen LogP) is 1.31. The Kier molecular flexibility index (Phi) is 2.95. The summed E-state index contributed by atoms with van der Waals surface area (Å²) in [6, 6.07) is 3.56. The highest BCUT2D eigenvalue weighted by molar-refractivity contribution is 5.91. The van der Waals surface area contributed by atoms with Gasteiger partial charge in [0.2, 0.25) is 0 Å². The SMILES string of the molecule is Cc1cnc(C(=O)NCc2ccco2)cn1. The fraction of sp³-hybridized carbons (Fsp3) is 0.182. The van der Waals surface area contributed by atoms with E-state index in [1.54, 1.807) is 24.6 Å². The van der Waals surface area contributed by atoms with Crippen molar-refractivity contribution in [2.45, 2.75) is 13.5 Å². The molecule has 0 atom stereocenters. The lowest BCUT2D eigenvalue weighted by molar-refractivity contribution is 0.0942. The fourth-order valence-corrected chi connectivity index (χ4v) is 1.18. The van der Waals surface area contributed by atoms with Gasteiger partial charge in [-0.3, -0.25) is 9.78 Å². The molecule has 2 rings (SSSR count). The second-order valence-electron chi connectivity index (χ2n) is 3.31. The Hall–Kier alpha value is -2.17. The quantitative estimate of drug-likeness (QED) is 0.841. The van der Waals surface area contributed by atoms with Crippen molar-refractivity contribution in [1.82, 2.24) is 15.3 Å². The van der Waals surface area contributed by atoms with E-state index in [4.69, 9.17) is 4.42 Å². The van der Waals surface area contributed by atoms with E-state index >= 15 is 0 Å². The largest absolute Gasteiger partial charge is 0.467 e. The monoisotopic (exact) mass is 217 g/mol. The highest BCUT2D eigenvalue weighted by Crippen LogP contribution is 2.00. The van der Waals surface area contributed by atoms with Gasteiger partial charge in [0.05, 0.1) is 24.7 Å². The zero-order valence-electron chi connectivity index (χ0n) is 8.80. The van der Waals surface area contributed by atoms with Gasteiger partial charge in [-0.1, -0.05) is 0 Å². The third kappa shape index (κ3) is 2.44. The van der Waals surface area contributed by atoms with Crippen LogP contribution in [0.15, 0.2) is 35.2 Å². The Bertz CT molecular complexity index is 462. The van der Waals surface area contributed by atoms with Crippen molar-refractivity contribution in [3.63, 3.8) is 0 Å². The van der Waals surface area contributed by atoms with Crippen molar-refractivity contribution in [3.05, 3.63) is 47.9 Å². The Balaban J connectivity index is 1.95. The second-order valence-corrected chi connectivity index (χ2v) is 3.31. The van der Waals surface area contributed by atoms with Crippen molar-refractivity contribution < 1.29 is 9.21 Å². The summed E-state index contributed by atoms with van der Waals surface area (Å²) in [5.41, 5.74) is 1.08. The van der Waals surface area contributed by atoms with Crippen molar-refractivity contribution in [2.75, 3.05) is 0 Å². The number of hydrogen-bond donors (Lipinski definition) is 1. The zero-order valence-corrected chi connectivity index (χ0v) is 8.80. The molecule has 0 bridgehead atoms. The van der Waals surface area contributed by atoms with Gasteiger partial charge >= 0.3 is 0 Å². The molecule has 5 nitrogen and oxygen atoms in total. The number of rotatable bonds is 3. The van der Waals surface area contributed by atoms with Gasteiger partial charge < -0.3 is 9.73 Å². The molecule has 2 aromatic heterocycles. The summed E-state index contributed by atoms with van der Waals surface area (Å²) in [5.74, 6) is 0.442. The minimum Gasteiger partial charge on any atom is -0.467 e. The highest BCUT2D eigenvalue weighted by atomic mass is 16.3. The molecular formula is C11H11N3O2. The molecule has 0 aliphatic carbocycles. The third-order valence-corrected chi connectivity index (χ3v) is 2.02. The van der Waals surface area contributed by atoms with Crippen LogP contribution in [0, 0.1) is 6.92 Å². The van der Waals surface area contributed by atoms with Crippen molar-refractivity contribution in [2.24, 2.45) is 0 Å². The van der Waals surface area contributed by atoms with Crippen LogP contribution in [0.4, 0.5) is 0 Å². The van der Waals surface area contributed by atoms with Crippen molar-refractivity contribution in [1.29, 1.82) is 0 Å². The summed E-state index contributed by atoms with van der Waals surface area (Å²) in [5, 5.41) is 2.69. The van der Waals surface area contributed by atoms with Gasteiger partial charge in [-0.2, -0.15) is 0 Å². The maximum absolute atomic E-state index is 11.6. The third-order valence-electron chi connectivity index (χ3n) is 2.02. The molecule has 0 fully saturated rings. The standard InChI is InChI=1S/C11H11N3O2/c1-8-5-13-10(7-12-8)11(15)14-6-9-3-2-4-16-9/h2-5,7H,6H2,1H3,(H,14,15). The zero-order chi connectivity index (χ0) is 11.4. The average molecular weight is 217 g/mol. The first-order valence-electron chi connectivity index (χ1n) is 4.85. The van der Waals surface area contributed by atoms with Gasteiger partial charge in [-0.15, -0.1) is 0 Å². The number of aromatic nitrogens is 2. The molecule has 1 amide bonds. The van der Waals surface area contributed by atoms with E-state index in [2.05, 4.69) is 15.3 Å². The van der Waals surface area contributed by atoms with Crippen LogP contribution in [-0.2, 0) is 6.54 Å². The molecule has 2 aromatic rings. The molecule has 0 aliphatic rings. The Labute approximate surface area is 92.5 Å². The Morgan fingerprint density at radius 3 is 2.94 bits per heavy atom. The first-order chi connectivity index (χ1) is 7.75. The summed E-state index contributed by atoms with van der Waals surface area (Å²) in [6.07, 6.45) is 4.57. The molecule has 16 heavy (non-hydrogen) atoms. The van der Waals surface area contributed by atoms with Gasteiger partial charge in [0.1, 0.15) is 11.5 Å². The molecule has 1 N–H and O–H groups in total. The molecule has 0 aliphatic heterocycles.